The molecule has 3 aromatic rings. The summed E-state index contributed by atoms with van der Waals surface area (Å²) in [6.07, 6.45) is 2.85. The van der Waals surface area contributed by atoms with Gasteiger partial charge >= 0.3 is 17.6 Å². The van der Waals surface area contributed by atoms with E-state index in [-0.39, 0.29) is 11.2 Å². The van der Waals surface area contributed by atoms with Gasteiger partial charge in [0.15, 0.2) is 0 Å². The average Bonchev–Trinajstić information content (AvgIpc) is 2.89. The van der Waals surface area contributed by atoms with Crippen LogP contribution in [0.4, 0.5) is 5.69 Å². The molecule has 1 aliphatic rings. The zero-order chi connectivity index (χ0) is 26.8. The minimum Gasteiger partial charge on any atom is -0.478 e. The Morgan fingerprint density at radius 2 is 1.51 bits per heavy atom. The van der Waals surface area contributed by atoms with E-state index in [9.17, 15) is 19.2 Å². The van der Waals surface area contributed by atoms with Crippen molar-refractivity contribution in [3.05, 3.63) is 86.5 Å². The van der Waals surface area contributed by atoms with Gasteiger partial charge in [0.25, 0.3) is 5.56 Å². The highest BCUT2D eigenvalue weighted by molar-refractivity contribution is 6.31. The first kappa shape index (κ1) is 27.7. The zero-order valence-electron chi connectivity index (χ0n) is 20.2. The first-order chi connectivity index (χ1) is 17.7. The molecule has 0 bridgehead atoms. The summed E-state index contributed by atoms with van der Waals surface area (Å²) in [6, 6.07) is 15.4. The second-order valence-corrected chi connectivity index (χ2v) is 8.89. The van der Waals surface area contributed by atoms with E-state index in [2.05, 4.69) is 39.0 Å². The molecule has 196 valence electrons. The van der Waals surface area contributed by atoms with Gasteiger partial charge in [-0.25, -0.2) is 14.4 Å². The van der Waals surface area contributed by atoms with Gasteiger partial charge in [0, 0.05) is 55.6 Å². The van der Waals surface area contributed by atoms with E-state index in [0.717, 1.165) is 45.6 Å². The molecule has 0 saturated carbocycles. The highest BCUT2D eigenvalue weighted by atomic mass is 35.5. The SMILES string of the molecule is O=C(O)/C=C\C(=O)O.O=c1[nH]c2ccc(Cl)cc2c(=O)n1CCCCN1CCN(c2ccccc2)CC1. The predicted octanol–water partition coefficient (Wildman–Crippen LogP) is 2.66. The predicted molar refractivity (Wildman–Crippen MR) is 143 cm³/mol. The number of aromatic amines is 1. The summed E-state index contributed by atoms with van der Waals surface area (Å²) in [4.78, 5) is 51.6. The van der Waals surface area contributed by atoms with Gasteiger partial charge in [0.2, 0.25) is 0 Å². The number of fused-ring (bicyclic) bond motifs is 1. The maximum Gasteiger partial charge on any atom is 0.328 e. The van der Waals surface area contributed by atoms with E-state index in [1.54, 1.807) is 18.2 Å². The summed E-state index contributed by atoms with van der Waals surface area (Å²) >= 11 is 6.00. The fraction of sp³-hybridized carbons (Fsp3) is 0.308. The largest absolute Gasteiger partial charge is 0.478 e. The van der Waals surface area contributed by atoms with Crippen LogP contribution in [0.2, 0.25) is 5.02 Å². The Kier molecular flexibility index (Phi) is 10.0. The van der Waals surface area contributed by atoms with E-state index in [1.165, 1.54) is 10.3 Å². The number of nitrogens with zero attached hydrogens (tertiary/aromatic N) is 3. The second-order valence-electron chi connectivity index (χ2n) is 8.46. The van der Waals surface area contributed by atoms with Crippen molar-refractivity contribution in [3.8, 4) is 0 Å². The maximum absolute atomic E-state index is 12.6. The monoisotopic (exact) mass is 528 g/mol. The molecule has 0 spiro atoms. The lowest BCUT2D eigenvalue weighted by Crippen LogP contribution is -2.46. The smallest absolute Gasteiger partial charge is 0.328 e. The molecule has 2 aromatic carbocycles. The van der Waals surface area contributed by atoms with Gasteiger partial charge in [-0.1, -0.05) is 29.8 Å². The van der Waals surface area contributed by atoms with Crippen LogP contribution in [0.3, 0.4) is 0 Å². The number of hydrogen-bond acceptors (Lipinski definition) is 6. The molecular formula is C26H29ClN4O6. The van der Waals surface area contributed by atoms with E-state index < -0.39 is 11.9 Å². The second kappa shape index (κ2) is 13.4. The molecule has 0 aliphatic carbocycles. The van der Waals surface area contributed by atoms with Crippen molar-refractivity contribution in [2.45, 2.75) is 19.4 Å². The first-order valence-corrected chi connectivity index (χ1v) is 12.2. The van der Waals surface area contributed by atoms with E-state index in [1.807, 2.05) is 6.07 Å². The van der Waals surface area contributed by atoms with Crippen molar-refractivity contribution in [2.75, 3.05) is 37.6 Å². The molecule has 4 rings (SSSR count). The zero-order valence-corrected chi connectivity index (χ0v) is 20.9. The Hall–Kier alpha value is -3.89. The molecule has 11 heteroatoms. The number of para-hydroxylation sites is 1. The van der Waals surface area contributed by atoms with Gasteiger partial charge in [0.1, 0.15) is 0 Å². The van der Waals surface area contributed by atoms with Crippen molar-refractivity contribution in [2.24, 2.45) is 0 Å². The molecule has 1 fully saturated rings. The van der Waals surface area contributed by atoms with Gasteiger partial charge in [-0.15, -0.1) is 0 Å². The molecule has 1 aliphatic heterocycles. The molecule has 10 nitrogen and oxygen atoms in total. The quantitative estimate of drug-likeness (QED) is 0.300. The topological polar surface area (TPSA) is 136 Å². The lowest BCUT2D eigenvalue weighted by atomic mass is 10.2. The Labute approximate surface area is 218 Å². The van der Waals surface area contributed by atoms with Gasteiger partial charge in [0.05, 0.1) is 10.9 Å². The molecule has 0 amide bonds. The lowest BCUT2D eigenvalue weighted by Gasteiger charge is -2.36. The van der Waals surface area contributed by atoms with Gasteiger partial charge in [-0.2, -0.15) is 0 Å². The Morgan fingerprint density at radius 1 is 0.892 bits per heavy atom. The number of rotatable bonds is 8. The van der Waals surface area contributed by atoms with E-state index >= 15 is 0 Å². The summed E-state index contributed by atoms with van der Waals surface area (Å²) in [5, 5.41) is 16.6. The summed E-state index contributed by atoms with van der Waals surface area (Å²) in [6.45, 7) is 5.51. The molecule has 37 heavy (non-hydrogen) atoms. The summed E-state index contributed by atoms with van der Waals surface area (Å²) in [5.41, 5.74) is 1.17. The van der Waals surface area contributed by atoms with Crippen LogP contribution in [0.15, 0.2) is 70.3 Å². The number of H-pyrrole nitrogens is 1. The summed E-state index contributed by atoms with van der Waals surface area (Å²) < 4.78 is 1.28. The van der Waals surface area contributed by atoms with Crippen LogP contribution in [0.25, 0.3) is 10.9 Å². The van der Waals surface area contributed by atoms with Gasteiger partial charge in [-0.3, -0.25) is 14.3 Å². The normalized spacial score (nSPS) is 13.9. The van der Waals surface area contributed by atoms with Gasteiger partial charge in [-0.05, 0) is 49.7 Å². The number of carbonyl (C=O) groups is 2. The number of carboxylic acid groups (broad SMARTS) is 2. The Bertz CT molecular complexity index is 1340. The number of nitrogens with one attached hydrogen (secondary N) is 1. The van der Waals surface area contributed by atoms with E-state index in [4.69, 9.17) is 21.8 Å². The number of unbranched alkanes of at least 4 members (excludes halogenated alkanes) is 1. The van der Waals surface area contributed by atoms with Crippen LogP contribution in [-0.4, -0.2) is 69.3 Å². The number of aromatic nitrogens is 2. The highest BCUT2D eigenvalue weighted by Gasteiger charge is 2.16. The summed E-state index contributed by atoms with van der Waals surface area (Å²) in [5.74, 6) is -2.51. The number of hydrogen-bond donors (Lipinski definition) is 3. The molecule has 0 radical (unpaired) electrons. The third-order valence-electron chi connectivity index (χ3n) is 5.91. The molecule has 1 saturated heterocycles. The lowest BCUT2D eigenvalue weighted by molar-refractivity contribution is -0.134. The standard InChI is InChI=1S/C22H25ClN4O2.C4H4O4/c23-17-8-9-20-19(16-17)21(28)27(22(29)24-20)11-5-4-10-25-12-14-26(15-13-25)18-6-2-1-3-7-18;5-3(6)1-2-4(7)8/h1-3,6-9,16H,4-5,10-15H2,(H,24,29);1-2H,(H,5,6)(H,7,8)/b;2-1-. The maximum atomic E-state index is 12.6. The number of aliphatic carboxylic acids is 2. The van der Waals surface area contributed by atoms with Gasteiger partial charge < -0.3 is 20.1 Å². The molecule has 0 unspecified atom stereocenters. The van der Waals surface area contributed by atoms with Crippen molar-refractivity contribution in [3.63, 3.8) is 0 Å². The Morgan fingerprint density at radius 3 is 2.14 bits per heavy atom. The van der Waals surface area contributed by atoms with Crippen molar-refractivity contribution in [1.82, 2.24) is 14.5 Å². The highest BCUT2D eigenvalue weighted by Crippen LogP contribution is 2.16. The van der Waals surface area contributed by atoms with E-state index in [0.29, 0.717) is 34.6 Å². The molecule has 0 atom stereocenters. The van der Waals surface area contributed by atoms with Crippen LogP contribution >= 0.6 is 11.6 Å². The number of benzene rings is 2. The average molecular weight is 529 g/mol. The number of piperazine rings is 1. The van der Waals surface area contributed by atoms with Crippen LogP contribution in [0.5, 0.6) is 0 Å². The molecule has 1 aromatic heterocycles. The molecular weight excluding hydrogens is 500 g/mol. The van der Waals surface area contributed by atoms with Crippen LogP contribution in [0.1, 0.15) is 12.8 Å². The van der Waals surface area contributed by atoms with Crippen molar-refractivity contribution < 1.29 is 19.8 Å². The third-order valence-corrected chi connectivity index (χ3v) is 6.15. The van der Waals surface area contributed by atoms with Crippen molar-refractivity contribution in [1.29, 1.82) is 0 Å². The third kappa shape index (κ3) is 8.33. The number of halogens is 1. The number of carboxylic acids is 2. The van der Waals surface area contributed by atoms with Crippen LogP contribution in [0, 0.1) is 0 Å². The fourth-order valence-corrected chi connectivity index (χ4v) is 4.21. The van der Waals surface area contributed by atoms with Crippen LogP contribution in [-0.2, 0) is 16.1 Å². The first-order valence-electron chi connectivity index (χ1n) is 11.8. The van der Waals surface area contributed by atoms with Crippen molar-refractivity contribution >= 4 is 40.1 Å². The number of anilines is 1. The minimum absolute atomic E-state index is 0.275. The molecule has 2 heterocycles. The minimum atomic E-state index is -1.26. The van der Waals surface area contributed by atoms with Crippen LogP contribution < -0.4 is 16.1 Å². The molecule has 3 N–H and O–H groups in total. The fourth-order valence-electron chi connectivity index (χ4n) is 4.04. The Balaban J connectivity index is 0.000000414. The summed E-state index contributed by atoms with van der Waals surface area (Å²) in [7, 11) is 0.